The molecule has 1 saturated heterocycles. The van der Waals surface area contributed by atoms with Crippen LogP contribution in [0, 0.1) is 0 Å². The highest BCUT2D eigenvalue weighted by Gasteiger charge is 2.36. The number of nitrogens with one attached hydrogen (secondary N) is 1. The molecule has 2 atom stereocenters. The summed E-state index contributed by atoms with van der Waals surface area (Å²) >= 11 is 0. The predicted octanol–water partition coefficient (Wildman–Crippen LogP) is -0.558. The number of likely N-dealkylation sites (tertiary alicyclic amines) is 1. The molecule has 18 heavy (non-hydrogen) atoms. The van der Waals surface area contributed by atoms with E-state index in [9.17, 15) is 14.4 Å². The summed E-state index contributed by atoms with van der Waals surface area (Å²) in [4.78, 5) is 35.1. The minimum atomic E-state index is -0.600. The fourth-order valence-corrected chi connectivity index (χ4v) is 1.84. The lowest BCUT2D eigenvalue weighted by molar-refractivity contribution is -0.133. The molecule has 102 valence electrons. The Balaban J connectivity index is 0.00000289. The zero-order chi connectivity index (χ0) is 13.0. The fraction of sp³-hybridized carbons (Fsp3) is 0.583. The van der Waals surface area contributed by atoms with Gasteiger partial charge in [0.25, 0.3) is 0 Å². The average molecular weight is 255 g/mol. The van der Waals surface area contributed by atoms with E-state index in [0.29, 0.717) is 13.0 Å². The number of hydrogen-bond donors (Lipinski definition) is 2. The van der Waals surface area contributed by atoms with Gasteiger partial charge in [0.1, 0.15) is 6.04 Å². The van der Waals surface area contributed by atoms with Crippen molar-refractivity contribution >= 4 is 17.6 Å². The highest BCUT2D eigenvalue weighted by atomic mass is 16.2. The molecule has 1 heterocycles. The number of likely N-dealkylation sites (N-methyl/N-ethyl adjacent to an activating group) is 1. The third kappa shape index (κ3) is 3.96. The van der Waals surface area contributed by atoms with E-state index in [1.165, 1.54) is 24.0 Å². The quantitative estimate of drug-likeness (QED) is 0.659. The third-order valence-corrected chi connectivity index (χ3v) is 2.78. The summed E-state index contributed by atoms with van der Waals surface area (Å²) in [5, 5.41) is 3.01. The van der Waals surface area contributed by atoms with Gasteiger partial charge in [0, 0.05) is 18.7 Å². The van der Waals surface area contributed by atoms with Crippen LogP contribution in [0.5, 0.6) is 0 Å². The molecule has 0 aromatic carbocycles. The standard InChI is InChI=1S/C11H17N3O3.CH4/c1-7(15)3-4-10(16)14-6-8(13-2)5-9(14)11(12)17;/h3-4,8-9,13H,5-6H2,1-2H3,(H2,12,17);1H4/b4-3+;/t8-,9+;/m0./s1. The molecular formula is C12H21N3O3. The van der Waals surface area contributed by atoms with Crippen molar-refractivity contribution in [1.29, 1.82) is 0 Å². The van der Waals surface area contributed by atoms with E-state index in [2.05, 4.69) is 5.32 Å². The van der Waals surface area contributed by atoms with Crippen molar-refractivity contribution in [2.24, 2.45) is 5.73 Å². The zero-order valence-electron chi connectivity index (χ0n) is 9.97. The van der Waals surface area contributed by atoms with Crippen LogP contribution in [0.1, 0.15) is 20.8 Å². The zero-order valence-corrected chi connectivity index (χ0v) is 9.97. The number of allylic oxidation sites excluding steroid dienone is 1. The third-order valence-electron chi connectivity index (χ3n) is 2.78. The van der Waals surface area contributed by atoms with Crippen molar-refractivity contribution < 1.29 is 14.4 Å². The maximum Gasteiger partial charge on any atom is 0.247 e. The summed E-state index contributed by atoms with van der Waals surface area (Å²) in [5.74, 6) is -1.09. The summed E-state index contributed by atoms with van der Waals surface area (Å²) in [6, 6.07) is -0.543. The molecule has 0 aliphatic carbocycles. The Morgan fingerprint density at radius 1 is 1.33 bits per heavy atom. The van der Waals surface area contributed by atoms with Crippen LogP contribution >= 0.6 is 0 Å². The van der Waals surface area contributed by atoms with Crippen molar-refractivity contribution in [3.8, 4) is 0 Å². The van der Waals surface area contributed by atoms with Crippen LogP contribution in [-0.2, 0) is 14.4 Å². The number of rotatable bonds is 4. The van der Waals surface area contributed by atoms with E-state index in [1.807, 2.05) is 0 Å². The van der Waals surface area contributed by atoms with E-state index >= 15 is 0 Å². The van der Waals surface area contributed by atoms with Gasteiger partial charge in [-0.2, -0.15) is 0 Å². The molecule has 0 radical (unpaired) electrons. The molecule has 0 saturated carbocycles. The van der Waals surface area contributed by atoms with Crippen molar-refractivity contribution in [3.63, 3.8) is 0 Å². The molecule has 6 heteroatoms. The highest BCUT2D eigenvalue weighted by Crippen LogP contribution is 2.17. The molecular weight excluding hydrogens is 234 g/mol. The van der Waals surface area contributed by atoms with Crippen LogP contribution in [0.25, 0.3) is 0 Å². The Hall–Kier alpha value is -1.69. The van der Waals surface area contributed by atoms with Crippen LogP contribution in [0.2, 0.25) is 0 Å². The lowest BCUT2D eigenvalue weighted by atomic mass is 10.1. The Labute approximate surface area is 107 Å². The molecule has 0 unspecified atom stereocenters. The fourth-order valence-electron chi connectivity index (χ4n) is 1.84. The molecule has 0 aromatic rings. The Kier molecular flexibility index (Phi) is 6.26. The minimum absolute atomic E-state index is 0. The smallest absolute Gasteiger partial charge is 0.247 e. The normalized spacial score (nSPS) is 22.9. The van der Waals surface area contributed by atoms with Crippen molar-refractivity contribution in [1.82, 2.24) is 10.2 Å². The van der Waals surface area contributed by atoms with Crippen molar-refractivity contribution in [2.45, 2.75) is 32.9 Å². The number of amides is 2. The molecule has 1 aliphatic heterocycles. The summed E-state index contributed by atoms with van der Waals surface area (Å²) in [5.41, 5.74) is 5.25. The molecule has 0 aromatic heterocycles. The Morgan fingerprint density at radius 3 is 2.39 bits per heavy atom. The second kappa shape index (κ2) is 6.90. The van der Waals surface area contributed by atoms with E-state index in [4.69, 9.17) is 5.73 Å². The topological polar surface area (TPSA) is 92.5 Å². The SMILES string of the molecule is C.CN[C@H]1C[C@H](C(N)=O)N(C(=O)/C=C/C(C)=O)C1. The first kappa shape index (κ1) is 16.3. The van der Waals surface area contributed by atoms with Gasteiger partial charge in [0.2, 0.25) is 11.8 Å². The van der Waals surface area contributed by atoms with Crippen molar-refractivity contribution in [3.05, 3.63) is 12.2 Å². The highest BCUT2D eigenvalue weighted by molar-refractivity contribution is 5.98. The number of carbonyl (C=O) groups is 3. The first-order chi connectivity index (χ1) is 7.95. The summed E-state index contributed by atoms with van der Waals surface area (Å²) in [7, 11) is 1.77. The largest absolute Gasteiger partial charge is 0.368 e. The van der Waals surface area contributed by atoms with Crippen LogP contribution in [0.4, 0.5) is 0 Å². The maximum atomic E-state index is 11.8. The van der Waals surface area contributed by atoms with Crippen LogP contribution in [0.3, 0.4) is 0 Å². The maximum absolute atomic E-state index is 11.8. The molecule has 2 amide bonds. The van der Waals surface area contributed by atoms with E-state index < -0.39 is 11.9 Å². The Bertz CT molecular complexity index is 366. The number of carbonyl (C=O) groups excluding carboxylic acids is 3. The lowest BCUT2D eigenvalue weighted by Crippen LogP contribution is -2.43. The first-order valence-electron chi connectivity index (χ1n) is 5.41. The van der Waals surface area contributed by atoms with Gasteiger partial charge in [-0.05, 0) is 26.5 Å². The van der Waals surface area contributed by atoms with Gasteiger partial charge >= 0.3 is 0 Å². The first-order valence-corrected chi connectivity index (χ1v) is 5.41. The van der Waals surface area contributed by atoms with Gasteiger partial charge < -0.3 is 16.0 Å². The monoisotopic (exact) mass is 255 g/mol. The molecule has 6 nitrogen and oxygen atoms in total. The molecule has 1 rings (SSSR count). The second-order valence-electron chi connectivity index (χ2n) is 4.07. The number of nitrogens with two attached hydrogens (primary N) is 1. The van der Waals surface area contributed by atoms with Crippen molar-refractivity contribution in [2.75, 3.05) is 13.6 Å². The molecule has 1 fully saturated rings. The Morgan fingerprint density at radius 2 is 1.94 bits per heavy atom. The molecule has 0 bridgehead atoms. The number of hydrogen-bond acceptors (Lipinski definition) is 4. The minimum Gasteiger partial charge on any atom is -0.368 e. The summed E-state index contributed by atoms with van der Waals surface area (Å²) < 4.78 is 0. The number of ketones is 1. The van der Waals surface area contributed by atoms with Crippen LogP contribution in [-0.4, -0.2) is 48.2 Å². The molecule has 1 aliphatic rings. The van der Waals surface area contributed by atoms with E-state index in [-0.39, 0.29) is 25.2 Å². The summed E-state index contributed by atoms with van der Waals surface area (Å²) in [6.07, 6.45) is 2.87. The van der Waals surface area contributed by atoms with Crippen LogP contribution < -0.4 is 11.1 Å². The van der Waals surface area contributed by atoms with Gasteiger partial charge in [-0.15, -0.1) is 0 Å². The molecule has 0 spiro atoms. The number of primary amides is 1. The van der Waals surface area contributed by atoms with Crippen LogP contribution in [0.15, 0.2) is 12.2 Å². The van der Waals surface area contributed by atoms with Gasteiger partial charge in [0.05, 0.1) is 0 Å². The lowest BCUT2D eigenvalue weighted by Gasteiger charge is -2.20. The summed E-state index contributed by atoms with van der Waals surface area (Å²) in [6.45, 7) is 1.78. The van der Waals surface area contributed by atoms with Gasteiger partial charge in [-0.25, -0.2) is 0 Å². The van der Waals surface area contributed by atoms with Gasteiger partial charge in [0.15, 0.2) is 5.78 Å². The predicted molar refractivity (Wildman–Crippen MR) is 68.7 cm³/mol. The second-order valence-corrected chi connectivity index (χ2v) is 4.07. The van der Waals surface area contributed by atoms with E-state index in [0.717, 1.165) is 0 Å². The van der Waals surface area contributed by atoms with Gasteiger partial charge in [-0.3, -0.25) is 14.4 Å². The van der Waals surface area contributed by atoms with Gasteiger partial charge in [-0.1, -0.05) is 7.43 Å². The average Bonchev–Trinajstić information content (AvgIpc) is 2.69. The number of nitrogens with zero attached hydrogens (tertiary/aromatic N) is 1. The van der Waals surface area contributed by atoms with E-state index in [1.54, 1.807) is 7.05 Å². The molecule has 3 N–H and O–H groups in total.